The third-order valence-electron chi connectivity index (χ3n) is 1.45. The highest BCUT2D eigenvalue weighted by Crippen LogP contribution is 2.13. The molecule has 0 saturated heterocycles. The Morgan fingerprint density at radius 1 is 1.55 bits per heavy atom. The Bertz CT molecular complexity index is 299. The standard InChI is InChI=1S/C6H7N5/c1-5-6(9-10-8-5)11-3-2-7-4-11/h2-4H,1H3,(H,8,9,10)/q+1. The number of nitrogens with zero attached hydrogens (tertiary/aromatic N) is 4. The van der Waals surface area contributed by atoms with E-state index in [-0.39, 0.29) is 0 Å². The summed E-state index contributed by atoms with van der Waals surface area (Å²) in [6.07, 6.45) is 5.21. The molecule has 0 unspecified atom stereocenters. The topological polar surface area (TPSA) is 59.8 Å². The lowest BCUT2D eigenvalue weighted by atomic mass is 10.4. The molecule has 5 heteroatoms. The van der Waals surface area contributed by atoms with Gasteiger partial charge in [0.15, 0.2) is 6.20 Å². The smallest absolute Gasteiger partial charge is 0.256 e. The minimum atomic E-state index is 0.794. The zero-order chi connectivity index (χ0) is 7.68. The molecule has 0 aliphatic carbocycles. The molecular weight excluding hydrogens is 142 g/mol. The van der Waals surface area contributed by atoms with Crippen LogP contribution in [0.2, 0.25) is 0 Å². The first-order chi connectivity index (χ1) is 5.38. The Hall–Kier alpha value is -1.49. The number of rotatable bonds is 1. The average molecular weight is 149 g/mol. The molecule has 1 radical (unpaired) electrons. The van der Waals surface area contributed by atoms with Gasteiger partial charge in [0.1, 0.15) is 5.69 Å². The van der Waals surface area contributed by atoms with Gasteiger partial charge in [-0.2, -0.15) is 0 Å². The van der Waals surface area contributed by atoms with E-state index in [0.29, 0.717) is 0 Å². The molecule has 0 fully saturated rings. The van der Waals surface area contributed by atoms with Crippen LogP contribution in [-0.4, -0.2) is 21.7 Å². The molecule has 0 bridgehead atoms. The molecule has 0 saturated carbocycles. The summed E-state index contributed by atoms with van der Waals surface area (Å²) in [4.78, 5) is 5.70. The summed E-state index contributed by atoms with van der Waals surface area (Å²) in [6, 6.07) is 0. The zero-order valence-electron chi connectivity index (χ0n) is 6.02. The lowest BCUT2D eigenvalue weighted by Gasteiger charge is -1.89. The van der Waals surface area contributed by atoms with Crippen molar-refractivity contribution in [2.45, 2.75) is 6.92 Å². The van der Waals surface area contributed by atoms with Gasteiger partial charge in [0, 0.05) is 0 Å². The predicted molar refractivity (Wildman–Crippen MR) is 40.5 cm³/mol. The Labute approximate surface area is 63.4 Å². The van der Waals surface area contributed by atoms with Crippen molar-refractivity contribution < 1.29 is 0 Å². The van der Waals surface area contributed by atoms with Gasteiger partial charge in [0.2, 0.25) is 0 Å². The van der Waals surface area contributed by atoms with E-state index in [9.17, 15) is 0 Å². The van der Waals surface area contributed by atoms with Crippen molar-refractivity contribution in [3.05, 3.63) is 18.1 Å². The van der Waals surface area contributed by atoms with Crippen LogP contribution in [0.3, 0.4) is 0 Å². The minimum absolute atomic E-state index is 0.794. The fourth-order valence-electron chi connectivity index (χ4n) is 0.902. The number of H-pyrrole nitrogens is 1. The number of anilines is 1. The lowest BCUT2D eigenvalue weighted by molar-refractivity contribution is 0.897. The summed E-state index contributed by atoms with van der Waals surface area (Å²) in [7, 11) is 0. The van der Waals surface area contributed by atoms with Gasteiger partial charge >= 0.3 is 5.82 Å². The van der Waals surface area contributed by atoms with E-state index in [1.54, 1.807) is 17.4 Å². The summed E-state index contributed by atoms with van der Waals surface area (Å²) >= 11 is 0. The van der Waals surface area contributed by atoms with Gasteiger partial charge in [-0.3, -0.25) is 5.10 Å². The molecule has 0 spiro atoms. The van der Waals surface area contributed by atoms with Gasteiger partial charge in [-0.1, -0.05) is 10.3 Å². The van der Waals surface area contributed by atoms with Crippen LogP contribution < -0.4 is 4.90 Å². The summed E-state index contributed by atoms with van der Waals surface area (Å²) in [6.45, 7) is 1.91. The van der Waals surface area contributed by atoms with Gasteiger partial charge in [0.05, 0.1) is 6.20 Å². The van der Waals surface area contributed by atoms with E-state index in [2.05, 4.69) is 20.4 Å². The summed E-state index contributed by atoms with van der Waals surface area (Å²) in [5.74, 6) is 0.794. The first kappa shape index (κ1) is 6.23. The van der Waals surface area contributed by atoms with Crippen molar-refractivity contribution in [2.75, 3.05) is 0 Å². The Morgan fingerprint density at radius 2 is 2.45 bits per heavy atom. The number of nitrogens with one attached hydrogen (secondary N) is 1. The summed E-state index contributed by atoms with van der Waals surface area (Å²) in [5.41, 5.74) is 0.933. The van der Waals surface area contributed by atoms with Crippen molar-refractivity contribution in [1.82, 2.24) is 20.3 Å². The largest absolute Gasteiger partial charge is 0.329 e. The van der Waals surface area contributed by atoms with Crippen LogP contribution in [0.15, 0.2) is 17.4 Å². The number of aromatic amines is 1. The quantitative estimate of drug-likeness (QED) is 0.587. The predicted octanol–water partition coefficient (Wildman–Crippen LogP) is 0.398. The highest BCUT2D eigenvalue weighted by molar-refractivity contribution is 5.71. The Kier molecular flexibility index (Phi) is 1.29. The van der Waals surface area contributed by atoms with Gasteiger partial charge in [-0.05, 0) is 11.8 Å². The Morgan fingerprint density at radius 3 is 3.00 bits per heavy atom. The normalized spacial score (nSPS) is 16.5. The van der Waals surface area contributed by atoms with Crippen molar-refractivity contribution >= 4 is 12.2 Å². The molecule has 1 aromatic rings. The highest BCUT2D eigenvalue weighted by Gasteiger charge is 2.22. The van der Waals surface area contributed by atoms with Crippen molar-refractivity contribution in [2.24, 2.45) is 4.99 Å². The zero-order valence-corrected chi connectivity index (χ0v) is 6.02. The molecule has 2 heterocycles. The molecule has 5 nitrogen and oxygen atoms in total. The van der Waals surface area contributed by atoms with E-state index in [1.165, 1.54) is 0 Å². The first-order valence-electron chi connectivity index (χ1n) is 3.24. The molecule has 1 aliphatic rings. The summed E-state index contributed by atoms with van der Waals surface area (Å²) < 4.78 is 0. The van der Waals surface area contributed by atoms with Crippen LogP contribution in [-0.2, 0) is 0 Å². The van der Waals surface area contributed by atoms with Gasteiger partial charge in [-0.15, -0.1) is 0 Å². The lowest BCUT2D eigenvalue weighted by Crippen LogP contribution is -2.12. The second-order valence-corrected chi connectivity index (χ2v) is 2.23. The summed E-state index contributed by atoms with van der Waals surface area (Å²) in [5, 5.41) is 10.3. The fraction of sp³-hybridized carbons (Fsp3) is 0.167. The number of hydrogen-bond donors (Lipinski definition) is 1. The highest BCUT2D eigenvalue weighted by atomic mass is 15.4. The third kappa shape index (κ3) is 0.947. The molecule has 2 rings (SSSR count). The Balaban J connectivity index is 2.36. The number of aromatic nitrogens is 3. The maximum atomic E-state index is 3.90. The minimum Gasteiger partial charge on any atom is -0.256 e. The van der Waals surface area contributed by atoms with Crippen LogP contribution in [0.4, 0.5) is 5.82 Å². The monoisotopic (exact) mass is 149 g/mol. The molecule has 0 amide bonds. The van der Waals surface area contributed by atoms with Crippen molar-refractivity contribution in [1.29, 1.82) is 0 Å². The van der Waals surface area contributed by atoms with Crippen molar-refractivity contribution in [3.63, 3.8) is 0 Å². The number of aryl methyl sites for hydroxylation is 1. The van der Waals surface area contributed by atoms with Crippen LogP contribution in [0.1, 0.15) is 5.69 Å². The first-order valence-corrected chi connectivity index (χ1v) is 3.24. The van der Waals surface area contributed by atoms with Gasteiger partial charge < -0.3 is 0 Å². The molecule has 11 heavy (non-hydrogen) atoms. The van der Waals surface area contributed by atoms with E-state index in [0.717, 1.165) is 11.5 Å². The molecule has 0 atom stereocenters. The molecular formula is C6H7N5+. The second-order valence-electron chi connectivity index (χ2n) is 2.23. The van der Waals surface area contributed by atoms with Crippen LogP contribution in [0.25, 0.3) is 0 Å². The SMILES string of the molecule is Cc1[nH]nnc1[N+]1C=CN=C1. The van der Waals surface area contributed by atoms with Crippen LogP contribution in [0, 0.1) is 6.92 Å². The molecule has 1 N–H and O–H groups in total. The van der Waals surface area contributed by atoms with E-state index < -0.39 is 0 Å². The number of hydrogen-bond acceptors (Lipinski definition) is 4. The average Bonchev–Trinajstić information content (AvgIpc) is 2.55. The maximum Gasteiger partial charge on any atom is 0.329 e. The molecule has 0 aromatic carbocycles. The van der Waals surface area contributed by atoms with Gasteiger partial charge in [-0.25, -0.2) is 4.99 Å². The van der Waals surface area contributed by atoms with Crippen molar-refractivity contribution in [3.8, 4) is 0 Å². The third-order valence-corrected chi connectivity index (χ3v) is 1.45. The molecule has 1 aromatic heterocycles. The van der Waals surface area contributed by atoms with Gasteiger partial charge in [0.25, 0.3) is 6.34 Å². The molecule has 1 aliphatic heterocycles. The number of aliphatic imine (C=N–C) groups is 1. The van der Waals surface area contributed by atoms with E-state index >= 15 is 0 Å². The molecule has 55 valence electrons. The van der Waals surface area contributed by atoms with E-state index in [1.807, 2.05) is 13.1 Å². The van der Waals surface area contributed by atoms with Crippen LogP contribution in [0.5, 0.6) is 0 Å². The fourth-order valence-corrected chi connectivity index (χ4v) is 0.902. The maximum absolute atomic E-state index is 3.90. The second kappa shape index (κ2) is 2.28. The van der Waals surface area contributed by atoms with Crippen LogP contribution >= 0.6 is 0 Å². The van der Waals surface area contributed by atoms with E-state index in [4.69, 9.17) is 0 Å².